The predicted octanol–water partition coefficient (Wildman–Crippen LogP) is 5.42. The van der Waals surface area contributed by atoms with Gasteiger partial charge < -0.3 is 28.6 Å². The van der Waals surface area contributed by atoms with E-state index in [0.29, 0.717) is 12.5 Å². The van der Waals surface area contributed by atoms with Gasteiger partial charge in [0.1, 0.15) is 0 Å². The SMILES string of the molecule is COCC1C(CCN2CCN(Cc3ccccc3)CC2)c2cc(OC)c(OC)cc2C1c1ccc(OC)c(OC)c1. The molecule has 1 saturated heterocycles. The van der Waals surface area contributed by atoms with Crippen molar-refractivity contribution in [3.63, 3.8) is 0 Å². The van der Waals surface area contributed by atoms with E-state index in [4.69, 9.17) is 23.7 Å². The molecule has 5 rings (SSSR count). The summed E-state index contributed by atoms with van der Waals surface area (Å²) in [5.41, 5.74) is 5.17. The Bertz CT molecular complexity index is 1280. The Hall–Kier alpha value is -3.26. The fourth-order valence-corrected chi connectivity index (χ4v) is 6.78. The van der Waals surface area contributed by atoms with Crippen LogP contribution >= 0.6 is 0 Å². The minimum atomic E-state index is 0.136. The van der Waals surface area contributed by atoms with Crippen molar-refractivity contribution in [2.75, 3.05) is 74.9 Å². The molecule has 1 aliphatic carbocycles. The first kappa shape index (κ1) is 29.2. The number of ether oxygens (including phenoxy) is 5. The Morgan fingerprint density at radius 2 is 1.27 bits per heavy atom. The molecule has 0 radical (unpaired) electrons. The number of rotatable bonds is 12. The molecule has 7 nitrogen and oxygen atoms in total. The first-order chi connectivity index (χ1) is 20.1. The molecule has 3 unspecified atom stereocenters. The fraction of sp³-hybridized carbons (Fsp3) is 0.471. The van der Waals surface area contributed by atoms with Gasteiger partial charge in [-0.1, -0.05) is 36.4 Å². The monoisotopic (exact) mass is 560 g/mol. The number of hydrogen-bond acceptors (Lipinski definition) is 7. The highest BCUT2D eigenvalue weighted by Gasteiger charge is 2.42. The van der Waals surface area contributed by atoms with Crippen LogP contribution in [0, 0.1) is 5.92 Å². The molecule has 41 heavy (non-hydrogen) atoms. The molecule has 0 amide bonds. The topological polar surface area (TPSA) is 52.6 Å². The van der Waals surface area contributed by atoms with Gasteiger partial charge in [-0.15, -0.1) is 0 Å². The van der Waals surface area contributed by atoms with E-state index in [1.807, 2.05) is 6.07 Å². The van der Waals surface area contributed by atoms with Crippen molar-refractivity contribution in [3.05, 3.63) is 82.9 Å². The zero-order valence-corrected chi connectivity index (χ0v) is 25.1. The van der Waals surface area contributed by atoms with Crippen molar-refractivity contribution < 1.29 is 23.7 Å². The van der Waals surface area contributed by atoms with Gasteiger partial charge >= 0.3 is 0 Å². The summed E-state index contributed by atoms with van der Waals surface area (Å²) in [4.78, 5) is 5.18. The lowest BCUT2D eigenvalue weighted by Gasteiger charge is -2.36. The zero-order valence-electron chi connectivity index (χ0n) is 25.1. The Balaban J connectivity index is 1.38. The van der Waals surface area contributed by atoms with Gasteiger partial charge in [-0.2, -0.15) is 0 Å². The van der Waals surface area contributed by atoms with Gasteiger partial charge in [0.2, 0.25) is 0 Å². The first-order valence-electron chi connectivity index (χ1n) is 14.5. The second-order valence-electron chi connectivity index (χ2n) is 11.0. The molecule has 0 aromatic heterocycles. The first-order valence-corrected chi connectivity index (χ1v) is 14.5. The highest BCUT2D eigenvalue weighted by Crippen LogP contribution is 2.54. The molecule has 3 atom stereocenters. The molecule has 3 aromatic carbocycles. The summed E-state index contributed by atoms with van der Waals surface area (Å²) < 4.78 is 28.6. The summed E-state index contributed by atoms with van der Waals surface area (Å²) in [7, 11) is 8.57. The lowest BCUT2D eigenvalue weighted by atomic mass is 9.81. The maximum atomic E-state index is 5.88. The van der Waals surface area contributed by atoms with E-state index in [0.717, 1.165) is 68.7 Å². The molecular weight excluding hydrogens is 516 g/mol. The number of hydrogen-bond donors (Lipinski definition) is 0. The number of fused-ring (bicyclic) bond motifs is 1. The van der Waals surface area contributed by atoms with Crippen LogP contribution in [0.5, 0.6) is 23.0 Å². The number of methoxy groups -OCH3 is 5. The van der Waals surface area contributed by atoms with E-state index >= 15 is 0 Å². The van der Waals surface area contributed by atoms with E-state index in [9.17, 15) is 0 Å². The second-order valence-corrected chi connectivity index (χ2v) is 11.0. The van der Waals surface area contributed by atoms with Crippen molar-refractivity contribution >= 4 is 0 Å². The molecule has 0 spiro atoms. The fourth-order valence-electron chi connectivity index (χ4n) is 6.78. The van der Waals surface area contributed by atoms with Crippen molar-refractivity contribution in [2.45, 2.75) is 24.8 Å². The molecule has 0 N–H and O–H groups in total. The number of benzene rings is 3. The van der Waals surface area contributed by atoms with E-state index in [2.05, 4.69) is 64.4 Å². The lowest BCUT2D eigenvalue weighted by Crippen LogP contribution is -2.46. The smallest absolute Gasteiger partial charge is 0.161 e. The molecule has 0 bridgehead atoms. The van der Waals surface area contributed by atoms with Gasteiger partial charge in [-0.25, -0.2) is 0 Å². The number of nitrogens with zero attached hydrogens (tertiary/aromatic N) is 2. The Labute approximate surface area is 244 Å². The van der Waals surface area contributed by atoms with Crippen LogP contribution in [0.2, 0.25) is 0 Å². The Morgan fingerprint density at radius 3 is 1.90 bits per heavy atom. The molecule has 2 aliphatic rings. The summed E-state index contributed by atoms with van der Waals surface area (Å²) in [5.74, 6) is 3.72. The van der Waals surface area contributed by atoms with Crippen LogP contribution in [-0.2, 0) is 11.3 Å². The zero-order chi connectivity index (χ0) is 28.8. The van der Waals surface area contributed by atoms with Crippen LogP contribution in [0.15, 0.2) is 60.7 Å². The maximum Gasteiger partial charge on any atom is 0.161 e. The number of piperazine rings is 1. The van der Waals surface area contributed by atoms with Gasteiger partial charge in [0.05, 0.1) is 35.0 Å². The average Bonchev–Trinajstić information content (AvgIpc) is 3.31. The second kappa shape index (κ2) is 13.6. The molecule has 3 aromatic rings. The van der Waals surface area contributed by atoms with Crippen LogP contribution in [0.25, 0.3) is 0 Å². The molecule has 7 heteroatoms. The van der Waals surface area contributed by atoms with Crippen molar-refractivity contribution in [1.29, 1.82) is 0 Å². The van der Waals surface area contributed by atoms with Crippen LogP contribution in [0.4, 0.5) is 0 Å². The largest absolute Gasteiger partial charge is 0.493 e. The third-order valence-electron chi connectivity index (χ3n) is 8.86. The molecule has 1 heterocycles. The third-order valence-corrected chi connectivity index (χ3v) is 8.86. The third kappa shape index (κ3) is 6.32. The van der Waals surface area contributed by atoms with E-state index in [-0.39, 0.29) is 11.8 Å². The molecule has 220 valence electrons. The standard InChI is InChI=1S/C34H44N2O5/c1-37-23-29-26(13-14-35-15-17-36(18-16-35)22-24-9-7-6-8-10-24)27-20-32(40-4)33(41-5)21-28(27)34(29)25-11-12-30(38-2)31(19-25)39-3/h6-12,19-21,26,29,34H,13-18,22-23H2,1-5H3. The Kier molecular flexibility index (Phi) is 9.70. The van der Waals surface area contributed by atoms with Gasteiger partial charge in [-0.3, -0.25) is 4.90 Å². The van der Waals surface area contributed by atoms with Crippen LogP contribution in [0.3, 0.4) is 0 Å². The molecule has 1 aliphatic heterocycles. The minimum absolute atomic E-state index is 0.136. The summed E-state index contributed by atoms with van der Waals surface area (Å²) >= 11 is 0. The van der Waals surface area contributed by atoms with Gasteiger partial charge in [0.25, 0.3) is 0 Å². The predicted molar refractivity (Wildman–Crippen MR) is 162 cm³/mol. The van der Waals surface area contributed by atoms with Crippen LogP contribution < -0.4 is 18.9 Å². The lowest BCUT2D eigenvalue weighted by molar-refractivity contribution is 0.110. The van der Waals surface area contributed by atoms with Crippen molar-refractivity contribution in [1.82, 2.24) is 9.80 Å². The van der Waals surface area contributed by atoms with Crippen molar-refractivity contribution in [3.8, 4) is 23.0 Å². The van der Waals surface area contributed by atoms with E-state index in [1.54, 1.807) is 35.5 Å². The van der Waals surface area contributed by atoms with Gasteiger partial charge in [-0.05, 0) is 65.4 Å². The quantitative estimate of drug-likeness (QED) is 0.293. The van der Waals surface area contributed by atoms with E-state index < -0.39 is 0 Å². The molecule has 1 fully saturated rings. The average molecular weight is 561 g/mol. The van der Waals surface area contributed by atoms with Gasteiger partial charge in [0, 0.05) is 51.7 Å². The normalized spacial score (nSPS) is 21.0. The summed E-state index contributed by atoms with van der Waals surface area (Å²) in [6.45, 7) is 7.10. The molecule has 0 saturated carbocycles. The maximum absolute atomic E-state index is 5.88. The van der Waals surface area contributed by atoms with Crippen LogP contribution in [0.1, 0.15) is 40.5 Å². The summed E-state index contributed by atoms with van der Waals surface area (Å²) in [6.07, 6.45) is 1.05. The summed E-state index contributed by atoms with van der Waals surface area (Å²) in [6, 6.07) is 21.4. The van der Waals surface area contributed by atoms with Crippen molar-refractivity contribution in [2.24, 2.45) is 5.92 Å². The molecular formula is C34H44N2O5. The highest BCUT2D eigenvalue weighted by atomic mass is 16.5. The summed E-state index contributed by atoms with van der Waals surface area (Å²) in [5, 5.41) is 0. The Morgan fingerprint density at radius 1 is 0.659 bits per heavy atom. The van der Waals surface area contributed by atoms with E-state index in [1.165, 1.54) is 22.3 Å². The van der Waals surface area contributed by atoms with Gasteiger partial charge in [0.15, 0.2) is 23.0 Å². The van der Waals surface area contributed by atoms with Crippen LogP contribution in [-0.4, -0.2) is 84.7 Å². The highest BCUT2D eigenvalue weighted by molar-refractivity contribution is 5.57. The minimum Gasteiger partial charge on any atom is -0.493 e.